The van der Waals surface area contributed by atoms with Crippen LogP contribution < -0.4 is 0 Å². The normalized spacial score (nSPS) is 57.9. The highest BCUT2D eigenvalue weighted by Crippen LogP contribution is 2.77. The largest absolute Gasteiger partial charge is 0.393 e. The molecule has 5 saturated carbocycles. The summed E-state index contributed by atoms with van der Waals surface area (Å²) in [4.78, 5) is 0. The van der Waals surface area contributed by atoms with E-state index in [1.54, 1.807) is 0 Å². The van der Waals surface area contributed by atoms with Gasteiger partial charge >= 0.3 is 0 Å². The van der Waals surface area contributed by atoms with Crippen LogP contribution in [0.25, 0.3) is 0 Å². The van der Waals surface area contributed by atoms with Crippen LogP contribution in [0.1, 0.15) is 113 Å². The zero-order valence-electron chi connectivity index (χ0n) is 21.7. The molecular weight excluding hydrogens is 376 g/mol. The minimum absolute atomic E-state index is 0.0632. The molecule has 31 heavy (non-hydrogen) atoms. The maximum Gasteiger partial charge on any atom is 0.0594 e. The van der Waals surface area contributed by atoms with Gasteiger partial charge in [-0.2, -0.15) is 0 Å². The zero-order chi connectivity index (χ0) is 22.6. The Morgan fingerprint density at radius 2 is 1.45 bits per heavy atom. The van der Waals surface area contributed by atoms with Gasteiger partial charge in [0.15, 0.2) is 0 Å². The van der Waals surface area contributed by atoms with Gasteiger partial charge in [-0.15, -0.1) is 0 Å². The van der Waals surface area contributed by atoms with Crippen LogP contribution in [-0.2, 0) is 0 Å². The lowest BCUT2D eigenvalue weighted by atomic mass is 9.32. The van der Waals surface area contributed by atoms with E-state index in [2.05, 4.69) is 55.0 Å². The first-order chi connectivity index (χ1) is 14.3. The van der Waals surface area contributed by atoms with Gasteiger partial charge in [-0.05, 0) is 128 Å². The third-order valence-electron chi connectivity index (χ3n) is 13.5. The molecule has 0 aromatic carbocycles. The minimum atomic E-state index is -0.118. The van der Waals surface area contributed by atoms with Crippen LogP contribution in [0.4, 0.5) is 0 Å². The third-order valence-corrected chi connectivity index (χ3v) is 13.5. The molecule has 5 aliphatic carbocycles. The molecule has 0 aromatic heterocycles. The second-order valence-corrected chi connectivity index (χ2v) is 14.7. The summed E-state index contributed by atoms with van der Waals surface area (Å²) in [5.74, 6) is 3.98. The van der Waals surface area contributed by atoms with E-state index in [-0.39, 0.29) is 11.5 Å². The van der Waals surface area contributed by atoms with Crippen molar-refractivity contribution in [1.29, 1.82) is 0 Å². The lowest BCUT2D eigenvalue weighted by Crippen LogP contribution is -2.66. The van der Waals surface area contributed by atoms with Gasteiger partial charge in [0.05, 0.1) is 6.10 Å². The van der Waals surface area contributed by atoms with Gasteiger partial charge in [0.25, 0.3) is 0 Å². The number of allylic oxidation sites excluding steroid dienone is 1. The molecule has 176 valence electrons. The van der Waals surface area contributed by atoms with Crippen LogP contribution in [0, 0.1) is 56.7 Å². The van der Waals surface area contributed by atoms with Gasteiger partial charge in [-0.1, -0.05) is 53.7 Å². The summed E-state index contributed by atoms with van der Waals surface area (Å²) in [6.07, 6.45) is 13.4. The Kier molecular flexibility index (Phi) is 4.82. The molecular formula is C30H50O. The lowest BCUT2D eigenvalue weighted by molar-refractivity contribution is -0.246. The summed E-state index contributed by atoms with van der Waals surface area (Å²) in [6.45, 7) is 22.3. The molecule has 0 saturated heterocycles. The topological polar surface area (TPSA) is 20.2 Å². The predicted octanol–water partition coefficient (Wildman–Crippen LogP) is 8.02. The Labute approximate surface area is 192 Å². The van der Waals surface area contributed by atoms with Gasteiger partial charge in [0, 0.05) is 0 Å². The second-order valence-electron chi connectivity index (χ2n) is 14.7. The Morgan fingerprint density at radius 3 is 2.13 bits per heavy atom. The van der Waals surface area contributed by atoms with Gasteiger partial charge in [-0.25, -0.2) is 0 Å². The van der Waals surface area contributed by atoms with Crippen molar-refractivity contribution in [3.8, 4) is 0 Å². The van der Waals surface area contributed by atoms with Gasteiger partial charge in [0.2, 0.25) is 0 Å². The van der Waals surface area contributed by atoms with E-state index in [1.807, 2.05) is 0 Å². The Bertz CT molecular complexity index is 766. The molecule has 1 N–H and O–H groups in total. The van der Waals surface area contributed by atoms with E-state index in [1.165, 1.54) is 63.4 Å². The summed E-state index contributed by atoms with van der Waals surface area (Å²) in [5, 5.41) is 10.9. The number of fused-ring (bicyclic) bond motifs is 7. The molecule has 1 heteroatoms. The second kappa shape index (κ2) is 6.64. The molecule has 5 rings (SSSR count). The quantitative estimate of drug-likeness (QED) is 0.421. The SMILES string of the molecule is C=C(C)C1CC[C@]2(C)CC[C@]3(C)[C@H](CC[C@@H]4[C@@]5(C)CC[C@H](O)C(C)(C)[C@@H]5CC[C@]43C)[C@@H]12. The highest BCUT2D eigenvalue weighted by Gasteiger charge is 2.70. The molecule has 1 nitrogen and oxygen atoms in total. The van der Waals surface area contributed by atoms with Crippen LogP contribution in [0.15, 0.2) is 12.2 Å². The zero-order valence-corrected chi connectivity index (χ0v) is 21.7. The Morgan fingerprint density at radius 1 is 0.742 bits per heavy atom. The lowest BCUT2D eigenvalue weighted by Gasteiger charge is -2.73. The van der Waals surface area contributed by atoms with Gasteiger partial charge < -0.3 is 5.11 Å². The number of hydrogen-bond acceptors (Lipinski definition) is 1. The Balaban J connectivity index is 1.54. The van der Waals surface area contributed by atoms with E-state index in [0.29, 0.717) is 27.6 Å². The average molecular weight is 427 g/mol. The highest BCUT2D eigenvalue weighted by molar-refractivity contribution is 5.21. The molecule has 0 aliphatic heterocycles. The molecule has 1 unspecified atom stereocenters. The molecule has 0 heterocycles. The standard InChI is InChI=1S/C30H50O/c1-19(2)20-11-14-27(5)17-18-29(7)21(25(20)27)9-10-23-28(6)15-13-24(31)26(3,4)22(28)12-16-30(23,29)8/h20-25,31H,1,9-18H2,2-8H3/t20?,21-,22+,23-,24+,25-,27-,28+,29-,30-/m1/s1. The maximum absolute atomic E-state index is 10.9. The summed E-state index contributed by atoms with van der Waals surface area (Å²) in [7, 11) is 0. The van der Waals surface area contributed by atoms with Crippen LogP contribution in [0.5, 0.6) is 0 Å². The molecule has 10 atom stereocenters. The van der Waals surface area contributed by atoms with E-state index >= 15 is 0 Å². The van der Waals surface area contributed by atoms with Gasteiger partial charge in [0.1, 0.15) is 0 Å². The van der Waals surface area contributed by atoms with Crippen LogP contribution in [-0.4, -0.2) is 11.2 Å². The van der Waals surface area contributed by atoms with Crippen LogP contribution >= 0.6 is 0 Å². The monoisotopic (exact) mass is 426 g/mol. The number of aliphatic hydroxyl groups is 1. The molecule has 5 fully saturated rings. The van der Waals surface area contributed by atoms with E-state index in [0.717, 1.165) is 30.1 Å². The number of rotatable bonds is 1. The van der Waals surface area contributed by atoms with E-state index in [9.17, 15) is 5.11 Å². The van der Waals surface area contributed by atoms with Crippen LogP contribution in [0.3, 0.4) is 0 Å². The molecule has 0 radical (unpaired) electrons. The smallest absolute Gasteiger partial charge is 0.0594 e. The van der Waals surface area contributed by atoms with Crippen LogP contribution in [0.2, 0.25) is 0 Å². The molecule has 0 spiro atoms. The van der Waals surface area contributed by atoms with E-state index in [4.69, 9.17) is 0 Å². The summed E-state index contributed by atoms with van der Waals surface area (Å²) in [6, 6.07) is 0. The highest BCUT2D eigenvalue weighted by atomic mass is 16.3. The van der Waals surface area contributed by atoms with Crippen molar-refractivity contribution in [1.82, 2.24) is 0 Å². The first-order valence-corrected chi connectivity index (χ1v) is 13.6. The molecule has 0 amide bonds. The first kappa shape index (κ1) is 22.5. The van der Waals surface area contributed by atoms with Crippen molar-refractivity contribution < 1.29 is 5.11 Å². The van der Waals surface area contributed by atoms with Crippen molar-refractivity contribution in [2.24, 2.45) is 56.7 Å². The molecule has 5 aliphatic rings. The Hall–Kier alpha value is -0.300. The fourth-order valence-corrected chi connectivity index (χ4v) is 11.5. The van der Waals surface area contributed by atoms with Crippen molar-refractivity contribution in [2.75, 3.05) is 0 Å². The van der Waals surface area contributed by atoms with Crippen molar-refractivity contribution in [3.05, 3.63) is 12.2 Å². The fraction of sp³-hybridized carbons (Fsp3) is 0.933. The average Bonchev–Trinajstić information content (AvgIpc) is 3.04. The minimum Gasteiger partial charge on any atom is -0.393 e. The third kappa shape index (κ3) is 2.65. The van der Waals surface area contributed by atoms with Crippen molar-refractivity contribution >= 4 is 0 Å². The van der Waals surface area contributed by atoms with Crippen molar-refractivity contribution in [3.63, 3.8) is 0 Å². The summed E-state index contributed by atoms with van der Waals surface area (Å²) < 4.78 is 0. The van der Waals surface area contributed by atoms with E-state index < -0.39 is 0 Å². The van der Waals surface area contributed by atoms with Gasteiger partial charge in [-0.3, -0.25) is 0 Å². The summed E-state index contributed by atoms with van der Waals surface area (Å²) >= 11 is 0. The molecule has 0 aromatic rings. The maximum atomic E-state index is 10.9. The molecule has 0 bridgehead atoms. The first-order valence-electron chi connectivity index (χ1n) is 13.6. The summed E-state index contributed by atoms with van der Waals surface area (Å²) in [5.41, 5.74) is 3.38. The number of hydrogen-bond donors (Lipinski definition) is 1. The predicted molar refractivity (Wildman–Crippen MR) is 131 cm³/mol. The van der Waals surface area contributed by atoms with Crippen molar-refractivity contribution in [2.45, 2.75) is 119 Å². The number of aliphatic hydroxyl groups excluding tert-OH is 1. The fourth-order valence-electron chi connectivity index (χ4n) is 11.5.